The molecule has 1 N–H and O–H groups in total. The van der Waals surface area contributed by atoms with Crippen LogP contribution in [-0.2, 0) is 16.1 Å². The summed E-state index contributed by atoms with van der Waals surface area (Å²) in [5, 5.41) is 3.32. The number of rotatable bonds is 5. The molecule has 1 amide bonds. The molecule has 154 valence electrons. The van der Waals surface area contributed by atoms with Gasteiger partial charge in [0.2, 0.25) is 5.91 Å². The number of ether oxygens (including phenoxy) is 2. The van der Waals surface area contributed by atoms with E-state index in [4.69, 9.17) is 9.47 Å². The highest BCUT2D eigenvalue weighted by atomic mass is 35.5. The van der Waals surface area contributed by atoms with Gasteiger partial charge in [0.15, 0.2) is 11.6 Å². The van der Waals surface area contributed by atoms with Crippen LogP contribution in [0.1, 0.15) is 12.0 Å². The summed E-state index contributed by atoms with van der Waals surface area (Å²) in [7, 11) is 1.46. The predicted octanol–water partition coefficient (Wildman–Crippen LogP) is 1.70. The van der Waals surface area contributed by atoms with Gasteiger partial charge in [0.05, 0.1) is 20.3 Å². The molecule has 0 bridgehead atoms. The zero-order chi connectivity index (χ0) is 17.6. The zero-order valence-electron chi connectivity index (χ0n) is 15.5. The highest BCUT2D eigenvalue weighted by Crippen LogP contribution is 2.19. The molecular formula is C18H28Cl2FN3O3. The van der Waals surface area contributed by atoms with Crippen molar-refractivity contribution in [2.75, 3.05) is 53.0 Å². The van der Waals surface area contributed by atoms with E-state index >= 15 is 0 Å². The van der Waals surface area contributed by atoms with Crippen LogP contribution in [-0.4, -0.2) is 74.8 Å². The van der Waals surface area contributed by atoms with Crippen molar-refractivity contribution in [2.45, 2.75) is 19.0 Å². The van der Waals surface area contributed by atoms with Crippen molar-refractivity contribution in [3.63, 3.8) is 0 Å². The maximum absolute atomic E-state index is 13.8. The van der Waals surface area contributed by atoms with Gasteiger partial charge < -0.3 is 19.7 Å². The van der Waals surface area contributed by atoms with Crippen LogP contribution >= 0.6 is 24.8 Å². The van der Waals surface area contributed by atoms with E-state index < -0.39 is 0 Å². The summed E-state index contributed by atoms with van der Waals surface area (Å²) in [6.07, 6.45) is 0.490. The summed E-state index contributed by atoms with van der Waals surface area (Å²) < 4.78 is 24.1. The first-order valence-corrected chi connectivity index (χ1v) is 8.79. The molecule has 2 saturated heterocycles. The van der Waals surface area contributed by atoms with E-state index in [1.165, 1.54) is 13.2 Å². The number of nitrogens with one attached hydrogen (secondary N) is 1. The molecule has 1 atom stereocenters. The summed E-state index contributed by atoms with van der Waals surface area (Å²) in [5.41, 5.74) is 0.918. The molecule has 0 spiro atoms. The highest BCUT2D eigenvalue weighted by Gasteiger charge is 2.24. The Morgan fingerprint density at radius 1 is 1.30 bits per heavy atom. The third-order valence-corrected chi connectivity index (χ3v) is 4.77. The number of benzene rings is 1. The van der Waals surface area contributed by atoms with Gasteiger partial charge in [-0.15, -0.1) is 24.8 Å². The number of carbonyl (C=O) groups excluding carboxylic acids is 1. The number of morpholine rings is 1. The van der Waals surface area contributed by atoms with Crippen LogP contribution < -0.4 is 10.1 Å². The van der Waals surface area contributed by atoms with Gasteiger partial charge in [0.25, 0.3) is 0 Å². The molecule has 27 heavy (non-hydrogen) atoms. The minimum atomic E-state index is -0.337. The summed E-state index contributed by atoms with van der Waals surface area (Å²) in [6, 6.07) is 5.18. The Balaban J connectivity index is 0.00000182. The van der Waals surface area contributed by atoms with E-state index in [1.54, 1.807) is 6.07 Å². The molecule has 2 aliphatic rings. The lowest BCUT2D eigenvalue weighted by molar-refractivity contribution is -0.134. The first-order valence-electron chi connectivity index (χ1n) is 8.79. The maximum atomic E-state index is 13.8. The van der Waals surface area contributed by atoms with E-state index in [2.05, 4.69) is 10.2 Å². The van der Waals surface area contributed by atoms with Gasteiger partial charge in [0, 0.05) is 51.7 Å². The molecule has 0 radical (unpaired) electrons. The number of hydrogen-bond donors (Lipinski definition) is 1. The minimum Gasteiger partial charge on any atom is -0.494 e. The fourth-order valence-electron chi connectivity index (χ4n) is 3.31. The van der Waals surface area contributed by atoms with Crippen molar-refractivity contribution in [3.05, 3.63) is 29.6 Å². The van der Waals surface area contributed by atoms with Crippen molar-refractivity contribution in [1.82, 2.24) is 15.1 Å². The Hall–Kier alpha value is -1.12. The predicted molar refractivity (Wildman–Crippen MR) is 107 cm³/mol. The molecule has 0 saturated carbocycles. The Morgan fingerprint density at radius 2 is 2.04 bits per heavy atom. The average Bonchev–Trinajstić information content (AvgIpc) is 2.63. The molecule has 1 unspecified atom stereocenters. The Labute approximate surface area is 172 Å². The van der Waals surface area contributed by atoms with Gasteiger partial charge in [-0.25, -0.2) is 4.39 Å². The number of methoxy groups -OCH3 is 1. The van der Waals surface area contributed by atoms with Gasteiger partial charge in [-0.3, -0.25) is 9.69 Å². The summed E-state index contributed by atoms with van der Waals surface area (Å²) in [6.45, 7) is 5.84. The molecule has 1 aromatic carbocycles. The lowest BCUT2D eigenvalue weighted by Crippen LogP contribution is -2.51. The second kappa shape index (κ2) is 11.7. The van der Waals surface area contributed by atoms with Crippen LogP contribution in [0.5, 0.6) is 5.75 Å². The van der Waals surface area contributed by atoms with Gasteiger partial charge in [-0.05, 0) is 17.7 Å². The highest BCUT2D eigenvalue weighted by molar-refractivity contribution is 5.85. The number of nitrogens with zero attached hydrogens (tertiary/aromatic N) is 2. The third kappa shape index (κ3) is 6.76. The van der Waals surface area contributed by atoms with Gasteiger partial charge in [-0.1, -0.05) is 6.07 Å². The first kappa shape index (κ1) is 23.9. The SMILES string of the molecule is COc1ccc(CN2CCN(C(=O)CC3COCCN3)CC2)cc1F.Cl.Cl. The molecule has 6 nitrogen and oxygen atoms in total. The summed E-state index contributed by atoms with van der Waals surface area (Å²) >= 11 is 0. The number of amides is 1. The molecule has 0 aliphatic carbocycles. The molecular weight excluding hydrogens is 396 g/mol. The van der Waals surface area contributed by atoms with Crippen LogP contribution in [0, 0.1) is 5.82 Å². The van der Waals surface area contributed by atoms with Gasteiger partial charge in [-0.2, -0.15) is 0 Å². The topological polar surface area (TPSA) is 54.0 Å². The third-order valence-electron chi connectivity index (χ3n) is 4.77. The number of halogens is 3. The van der Waals surface area contributed by atoms with E-state index in [0.717, 1.165) is 31.8 Å². The Bertz CT molecular complexity index is 595. The van der Waals surface area contributed by atoms with Crippen LogP contribution in [0.25, 0.3) is 0 Å². The van der Waals surface area contributed by atoms with E-state index in [-0.39, 0.29) is 48.3 Å². The number of carbonyl (C=O) groups is 1. The van der Waals surface area contributed by atoms with Crippen molar-refractivity contribution < 1.29 is 18.7 Å². The Morgan fingerprint density at radius 3 is 2.63 bits per heavy atom. The van der Waals surface area contributed by atoms with Gasteiger partial charge in [0.1, 0.15) is 0 Å². The van der Waals surface area contributed by atoms with Crippen LogP contribution in [0.15, 0.2) is 18.2 Å². The minimum absolute atomic E-state index is 0. The summed E-state index contributed by atoms with van der Waals surface area (Å²) in [4.78, 5) is 16.6. The smallest absolute Gasteiger partial charge is 0.224 e. The molecule has 2 fully saturated rings. The Kier molecular flexibility index (Phi) is 10.3. The zero-order valence-corrected chi connectivity index (χ0v) is 17.1. The number of piperazine rings is 1. The van der Waals surface area contributed by atoms with E-state index in [0.29, 0.717) is 32.7 Å². The molecule has 2 heterocycles. The second-order valence-electron chi connectivity index (χ2n) is 6.56. The normalized spacial score (nSPS) is 20.4. The monoisotopic (exact) mass is 423 g/mol. The molecule has 2 aliphatic heterocycles. The van der Waals surface area contributed by atoms with Crippen LogP contribution in [0.4, 0.5) is 4.39 Å². The molecule has 3 rings (SSSR count). The lowest BCUT2D eigenvalue weighted by Gasteiger charge is -2.35. The van der Waals surface area contributed by atoms with Crippen LogP contribution in [0.2, 0.25) is 0 Å². The molecule has 9 heteroatoms. The second-order valence-corrected chi connectivity index (χ2v) is 6.56. The fraction of sp³-hybridized carbons (Fsp3) is 0.611. The standard InChI is InChI=1S/C18H26FN3O3.2ClH/c1-24-17-3-2-14(10-16(17)19)12-21-5-7-22(8-6-21)18(23)11-15-13-25-9-4-20-15;;/h2-3,10,15,20H,4-9,11-13H2,1H3;2*1H. The van der Waals surface area contributed by atoms with Crippen molar-refractivity contribution in [3.8, 4) is 5.75 Å². The van der Waals surface area contributed by atoms with Crippen molar-refractivity contribution in [2.24, 2.45) is 0 Å². The maximum Gasteiger partial charge on any atom is 0.224 e. The summed E-state index contributed by atoms with van der Waals surface area (Å²) in [5.74, 6) is 0.105. The fourth-order valence-corrected chi connectivity index (χ4v) is 3.31. The molecule has 0 aromatic heterocycles. The average molecular weight is 424 g/mol. The van der Waals surface area contributed by atoms with E-state index in [1.807, 2.05) is 11.0 Å². The quantitative estimate of drug-likeness (QED) is 0.780. The van der Waals surface area contributed by atoms with E-state index in [9.17, 15) is 9.18 Å². The first-order chi connectivity index (χ1) is 12.2. The largest absolute Gasteiger partial charge is 0.494 e. The van der Waals surface area contributed by atoms with Crippen molar-refractivity contribution >= 4 is 30.7 Å². The lowest BCUT2D eigenvalue weighted by atomic mass is 10.1. The molecule has 1 aromatic rings. The number of hydrogen-bond acceptors (Lipinski definition) is 5. The van der Waals surface area contributed by atoms with Crippen molar-refractivity contribution in [1.29, 1.82) is 0 Å². The van der Waals surface area contributed by atoms with Crippen LogP contribution in [0.3, 0.4) is 0 Å². The van der Waals surface area contributed by atoms with Gasteiger partial charge >= 0.3 is 0 Å².